The predicted molar refractivity (Wildman–Crippen MR) is 88.6 cm³/mol. The van der Waals surface area contributed by atoms with Crippen molar-refractivity contribution in [2.24, 2.45) is 0 Å². The van der Waals surface area contributed by atoms with Gasteiger partial charge >= 0.3 is 0 Å². The van der Waals surface area contributed by atoms with Crippen LogP contribution in [0.5, 0.6) is 0 Å². The fourth-order valence-electron chi connectivity index (χ4n) is 3.58. The van der Waals surface area contributed by atoms with Crippen LogP contribution in [0, 0.1) is 6.92 Å². The number of nitrogens with one attached hydrogen (secondary N) is 1. The lowest BCUT2D eigenvalue weighted by Crippen LogP contribution is -2.50. The van der Waals surface area contributed by atoms with Crippen molar-refractivity contribution in [3.63, 3.8) is 0 Å². The number of likely N-dealkylation sites (N-methyl/N-ethyl adjacent to an activating group) is 1. The zero-order chi connectivity index (χ0) is 14.3. The summed E-state index contributed by atoms with van der Waals surface area (Å²) < 4.78 is 0. The van der Waals surface area contributed by atoms with Crippen LogP contribution in [0.2, 0.25) is 0 Å². The van der Waals surface area contributed by atoms with Crippen LogP contribution in [0.15, 0.2) is 18.2 Å². The molecular formula is C16H23N3S. The molecule has 3 nitrogen and oxygen atoms in total. The Morgan fingerprint density at radius 2 is 2.25 bits per heavy atom. The average Bonchev–Trinajstić information content (AvgIpc) is 2.72. The number of nitrogens with zero attached hydrogens (tertiary/aromatic N) is 2. The highest BCUT2D eigenvalue weighted by atomic mass is 32.1. The molecule has 1 aromatic rings. The molecule has 4 heteroatoms. The van der Waals surface area contributed by atoms with Crippen LogP contribution in [0.25, 0.3) is 0 Å². The molecule has 3 rings (SSSR count). The van der Waals surface area contributed by atoms with Gasteiger partial charge in [0.25, 0.3) is 0 Å². The summed E-state index contributed by atoms with van der Waals surface area (Å²) in [7, 11) is 2.22. The highest BCUT2D eigenvalue weighted by molar-refractivity contribution is 7.80. The zero-order valence-electron chi connectivity index (χ0n) is 12.5. The standard InChI is InChI=1S/C16H23N3S/c1-4-17-16(20)19-14-6-5-11(2)9-12(14)13-10-18(3)8-7-15(13)19/h5-6,9,13,15H,4,7-8,10H2,1-3H3,(H,17,20). The maximum Gasteiger partial charge on any atom is 0.173 e. The molecule has 108 valence electrons. The third-order valence-corrected chi connectivity index (χ3v) is 4.84. The first-order chi connectivity index (χ1) is 9.61. The summed E-state index contributed by atoms with van der Waals surface area (Å²) in [5.74, 6) is 0.584. The molecule has 0 spiro atoms. The first-order valence-corrected chi connectivity index (χ1v) is 7.88. The summed E-state index contributed by atoms with van der Waals surface area (Å²) in [4.78, 5) is 4.80. The van der Waals surface area contributed by atoms with E-state index in [-0.39, 0.29) is 0 Å². The Balaban J connectivity index is 2.01. The topological polar surface area (TPSA) is 18.5 Å². The summed E-state index contributed by atoms with van der Waals surface area (Å²) >= 11 is 5.62. The van der Waals surface area contributed by atoms with Gasteiger partial charge in [-0.2, -0.15) is 0 Å². The third kappa shape index (κ3) is 2.21. The van der Waals surface area contributed by atoms with Gasteiger partial charge in [-0.1, -0.05) is 17.7 Å². The van der Waals surface area contributed by atoms with Crippen molar-refractivity contribution >= 4 is 23.0 Å². The molecule has 2 atom stereocenters. The van der Waals surface area contributed by atoms with Gasteiger partial charge in [0, 0.05) is 30.7 Å². The predicted octanol–water partition coefficient (Wildman–Crippen LogP) is 2.50. The SMILES string of the molecule is CCNC(=S)N1c2ccc(C)cc2C2CN(C)CCC21. The molecular weight excluding hydrogens is 266 g/mol. The second-order valence-electron chi connectivity index (χ2n) is 5.99. The van der Waals surface area contributed by atoms with E-state index in [0.29, 0.717) is 12.0 Å². The number of benzene rings is 1. The lowest BCUT2D eigenvalue weighted by Gasteiger charge is -2.37. The normalized spacial score (nSPS) is 25.2. The van der Waals surface area contributed by atoms with E-state index in [1.807, 2.05) is 0 Å². The molecule has 2 aliphatic rings. The molecule has 0 aromatic heterocycles. The summed E-state index contributed by atoms with van der Waals surface area (Å²) in [6, 6.07) is 7.31. The van der Waals surface area contributed by atoms with Crippen molar-refractivity contribution in [2.75, 3.05) is 31.6 Å². The highest BCUT2D eigenvalue weighted by Gasteiger charge is 2.42. The molecule has 0 bridgehead atoms. The van der Waals surface area contributed by atoms with Gasteiger partial charge in [-0.25, -0.2) is 0 Å². The third-order valence-electron chi connectivity index (χ3n) is 4.50. The number of aryl methyl sites for hydroxylation is 1. The van der Waals surface area contributed by atoms with E-state index >= 15 is 0 Å². The monoisotopic (exact) mass is 289 g/mol. The number of likely N-dealkylation sites (tertiary alicyclic amines) is 1. The van der Waals surface area contributed by atoms with E-state index in [1.54, 1.807) is 0 Å². The second kappa shape index (κ2) is 5.34. The molecule has 2 unspecified atom stereocenters. The first-order valence-electron chi connectivity index (χ1n) is 7.48. The van der Waals surface area contributed by atoms with E-state index in [1.165, 1.54) is 23.2 Å². The Bertz CT molecular complexity index is 528. The Labute approximate surface area is 126 Å². The summed E-state index contributed by atoms with van der Waals surface area (Å²) in [6.07, 6.45) is 1.18. The van der Waals surface area contributed by atoms with E-state index < -0.39 is 0 Å². The molecule has 1 N–H and O–H groups in total. The van der Waals surface area contributed by atoms with E-state index in [4.69, 9.17) is 12.2 Å². The Morgan fingerprint density at radius 3 is 3.00 bits per heavy atom. The molecule has 0 amide bonds. The van der Waals surface area contributed by atoms with Crippen molar-refractivity contribution in [1.29, 1.82) is 0 Å². The largest absolute Gasteiger partial charge is 0.363 e. The van der Waals surface area contributed by atoms with Crippen molar-refractivity contribution in [3.05, 3.63) is 29.3 Å². The second-order valence-corrected chi connectivity index (χ2v) is 6.38. The van der Waals surface area contributed by atoms with Gasteiger partial charge in [-0.3, -0.25) is 0 Å². The minimum Gasteiger partial charge on any atom is -0.363 e. The van der Waals surface area contributed by atoms with Crippen LogP contribution in [-0.2, 0) is 0 Å². The van der Waals surface area contributed by atoms with Gasteiger partial charge < -0.3 is 15.1 Å². The van der Waals surface area contributed by atoms with Crippen molar-refractivity contribution < 1.29 is 0 Å². The Morgan fingerprint density at radius 1 is 1.45 bits per heavy atom. The fraction of sp³-hybridized carbons (Fsp3) is 0.562. The maximum absolute atomic E-state index is 5.62. The van der Waals surface area contributed by atoms with Crippen LogP contribution in [0.4, 0.5) is 5.69 Å². The maximum atomic E-state index is 5.62. The Kier molecular flexibility index (Phi) is 3.69. The van der Waals surface area contributed by atoms with Crippen LogP contribution in [-0.4, -0.2) is 42.7 Å². The number of fused-ring (bicyclic) bond motifs is 3. The lowest BCUT2D eigenvalue weighted by atomic mass is 9.89. The van der Waals surface area contributed by atoms with Gasteiger partial charge in [0.2, 0.25) is 0 Å². The highest BCUT2D eigenvalue weighted by Crippen LogP contribution is 2.44. The van der Waals surface area contributed by atoms with E-state index in [2.05, 4.69) is 54.2 Å². The number of hydrogen-bond acceptors (Lipinski definition) is 2. The number of thiocarbonyl (C=S) groups is 1. The molecule has 2 heterocycles. The summed E-state index contributed by atoms with van der Waals surface area (Å²) in [5, 5.41) is 4.21. The molecule has 0 aliphatic carbocycles. The smallest absolute Gasteiger partial charge is 0.173 e. The number of rotatable bonds is 1. The van der Waals surface area contributed by atoms with Crippen molar-refractivity contribution in [1.82, 2.24) is 10.2 Å². The summed E-state index contributed by atoms with van der Waals surface area (Å²) in [6.45, 7) is 7.44. The van der Waals surface area contributed by atoms with E-state index in [9.17, 15) is 0 Å². The van der Waals surface area contributed by atoms with Crippen molar-refractivity contribution in [3.8, 4) is 0 Å². The minimum atomic E-state index is 0.523. The Hall–Kier alpha value is -1.13. The molecule has 1 aromatic carbocycles. The van der Waals surface area contributed by atoms with Crippen molar-refractivity contribution in [2.45, 2.75) is 32.2 Å². The quantitative estimate of drug-likeness (QED) is 0.800. The van der Waals surface area contributed by atoms with Crippen LogP contribution in [0.1, 0.15) is 30.4 Å². The summed E-state index contributed by atoms with van der Waals surface area (Å²) in [5.41, 5.74) is 4.13. The van der Waals surface area contributed by atoms with E-state index in [0.717, 1.165) is 24.7 Å². The van der Waals surface area contributed by atoms with Gasteiger partial charge in [-0.05, 0) is 57.7 Å². The first kappa shape index (κ1) is 13.8. The van der Waals surface area contributed by atoms with Crippen LogP contribution >= 0.6 is 12.2 Å². The molecule has 0 saturated carbocycles. The molecule has 0 radical (unpaired) electrons. The van der Waals surface area contributed by atoms with Crippen LogP contribution < -0.4 is 10.2 Å². The molecule has 2 aliphatic heterocycles. The lowest BCUT2D eigenvalue weighted by molar-refractivity contribution is 0.237. The van der Waals surface area contributed by atoms with Gasteiger partial charge in [0.1, 0.15) is 0 Å². The average molecular weight is 289 g/mol. The molecule has 1 saturated heterocycles. The molecule has 1 fully saturated rings. The zero-order valence-corrected chi connectivity index (χ0v) is 13.3. The van der Waals surface area contributed by atoms with Gasteiger partial charge in [-0.15, -0.1) is 0 Å². The van der Waals surface area contributed by atoms with Gasteiger partial charge in [0.05, 0.1) is 0 Å². The number of hydrogen-bond donors (Lipinski definition) is 1. The minimum absolute atomic E-state index is 0.523. The number of anilines is 1. The van der Waals surface area contributed by atoms with Gasteiger partial charge in [0.15, 0.2) is 5.11 Å². The number of piperidine rings is 1. The fourth-order valence-corrected chi connectivity index (χ4v) is 3.96. The molecule has 20 heavy (non-hydrogen) atoms. The van der Waals surface area contributed by atoms with Crippen LogP contribution in [0.3, 0.4) is 0 Å².